The fourth-order valence-electron chi connectivity index (χ4n) is 4.94. The normalized spacial score (nSPS) is 22.4. The van der Waals surface area contributed by atoms with Crippen molar-refractivity contribution in [2.45, 2.75) is 49.0 Å². The third kappa shape index (κ3) is 4.73. The number of hydrogen-bond acceptors (Lipinski definition) is 6. The van der Waals surface area contributed by atoms with Crippen molar-refractivity contribution < 1.29 is 14.1 Å². The Morgan fingerprint density at radius 1 is 1.09 bits per heavy atom. The quantitative estimate of drug-likeness (QED) is 0.488. The van der Waals surface area contributed by atoms with Gasteiger partial charge in [0.2, 0.25) is 17.6 Å². The lowest BCUT2D eigenvalue weighted by molar-refractivity contribution is -0.136. The topological polar surface area (TPSA) is 88.3 Å². The SMILES string of the molecule is CSc1ccc(-c2noc(C3CCC4C(=O)N(CCCc5ccccc5)C(=O)NC4C3)n2)cc1. The Bertz CT molecular complexity index is 1150. The number of urea groups is 1. The molecule has 8 heteroatoms. The Hall–Kier alpha value is -3.13. The molecule has 0 radical (unpaired) electrons. The number of imide groups is 1. The summed E-state index contributed by atoms with van der Waals surface area (Å²) in [5.74, 6) is 0.936. The van der Waals surface area contributed by atoms with Gasteiger partial charge in [-0.2, -0.15) is 4.98 Å². The van der Waals surface area contributed by atoms with Crippen LogP contribution in [0.2, 0.25) is 0 Å². The lowest BCUT2D eigenvalue weighted by Crippen LogP contribution is -2.61. The molecule has 3 unspecified atom stereocenters. The molecule has 2 aliphatic rings. The van der Waals surface area contributed by atoms with Crippen LogP contribution in [-0.4, -0.2) is 45.8 Å². The van der Waals surface area contributed by atoms with E-state index in [4.69, 9.17) is 4.52 Å². The summed E-state index contributed by atoms with van der Waals surface area (Å²) < 4.78 is 5.59. The predicted octanol–water partition coefficient (Wildman–Crippen LogP) is 4.90. The van der Waals surface area contributed by atoms with E-state index in [0.717, 1.165) is 24.8 Å². The summed E-state index contributed by atoms with van der Waals surface area (Å²) in [5.41, 5.74) is 2.12. The number of carbonyl (C=O) groups is 2. The van der Waals surface area contributed by atoms with E-state index in [-0.39, 0.29) is 29.8 Å². The highest BCUT2D eigenvalue weighted by Gasteiger charge is 2.45. The molecule has 1 aliphatic heterocycles. The molecule has 7 nitrogen and oxygen atoms in total. The van der Waals surface area contributed by atoms with Gasteiger partial charge in [-0.3, -0.25) is 9.69 Å². The fraction of sp³-hybridized carbons (Fsp3) is 0.385. The van der Waals surface area contributed by atoms with Crippen molar-refractivity contribution in [3.05, 3.63) is 66.1 Å². The van der Waals surface area contributed by atoms with Gasteiger partial charge in [0, 0.05) is 29.0 Å². The van der Waals surface area contributed by atoms with Crippen LogP contribution in [0.5, 0.6) is 0 Å². The predicted molar refractivity (Wildman–Crippen MR) is 130 cm³/mol. The molecule has 34 heavy (non-hydrogen) atoms. The molecule has 1 N–H and O–H groups in total. The Kier molecular flexibility index (Phi) is 6.67. The molecule has 5 rings (SSSR count). The van der Waals surface area contributed by atoms with E-state index in [2.05, 4.69) is 27.6 Å². The summed E-state index contributed by atoms with van der Waals surface area (Å²) in [7, 11) is 0. The summed E-state index contributed by atoms with van der Waals surface area (Å²) in [6, 6.07) is 17.7. The minimum atomic E-state index is -0.292. The second kappa shape index (κ2) is 10.0. The highest BCUT2D eigenvalue weighted by Crippen LogP contribution is 2.38. The van der Waals surface area contributed by atoms with Crippen molar-refractivity contribution in [3.8, 4) is 11.4 Å². The summed E-state index contributed by atoms with van der Waals surface area (Å²) in [6.07, 6.45) is 5.75. The van der Waals surface area contributed by atoms with Crippen LogP contribution < -0.4 is 5.32 Å². The zero-order chi connectivity index (χ0) is 23.5. The van der Waals surface area contributed by atoms with Crippen molar-refractivity contribution in [2.75, 3.05) is 12.8 Å². The monoisotopic (exact) mass is 476 g/mol. The summed E-state index contributed by atoms with van der Waals surface area (Å²) in [6.45, 7) is 0.439. The van der Waals surface area contributed by atoms with E-state index in [0.29, 0.717) is 31.1 Å². The Morgan fingerprint density at radius 2 is 1.88 bits per heavy atom. The van der Waals surface area contributed by atoms with Crippen molar-refractivity contribution >= 4 is 23.7 Å². The molecule has 176 valence electrons. The number of hydrogen-bond donors (Lipinski definition) is 1. The number of nitrogens with one attached hydrogen (secondary N) is 1. The molecule has 2 aromatic carbocycles. The first-order chi connectivity index (χ1) is 16.6. The van der Waals surface area contributed by atoms with Crippen LogP contribution in [0.4, 0.5) is 4.79 Å². The molecule has 3 amide bonds. The molecule has 0 bridgehead atoms. The van der Waals surface area contributed by atoms with Gasteiger partial charge in [-0.05, 0) is 68.2 Å². The number of aromatic nitrogens is 2. The van der Waals surface area contributed by atoms with Crippen LogP contribution in [-0.2, 0) is 11.2 Å². The number of fused-ring (bicyclic) bond motifs is 1. The first-order valence-electron chi connectivity index (χ1n) is 11.8. The van der Waals surface area contributed by atoms with E-state index in [1.807, 2.05) is 48.7 Å². The molecule has 1 aliphatic carbocycles. The minimum absolute atomic E-state index is 0.0331. The van der Waals surface area contributed by atoms with Crippen LogP contribution >= 0.6 is 11.8 Å². The van der Waals surface area contributed by atoms with Gasteiger partial charge in [0.1, 0.15) is 0 Å². The molecular formula is C26H28N4O3S. The molecule has 1 aromatic heterocycles. The molecule has 2 fully saturated rings. The van der Waals surface area contributed by atoms with Crippen LogP contribution in [0.3, 0.4) is 0 Å². The number of rotatable bonds is 7. The standard InChI is InChI=1S/C26H28N4O3S/c1-34-20-12-9-18(10-13-20)23-28-24(33-29-23)19-11-14-21-22(16-19)27-26(32)30(25(21)31)15-5-8-17-6-3-2-4-7-17/h2-4,6-7,9-10,12-13,19,21-22H,5,8,11,14-16H2,1H3,(H,27,32). The van der Waals surface area contributed by atoms with Crippen molar-refractivity contribution in [2.24, 2.45) is 5.92 Å². The minimum Gasteiger partial charge on any atom is -0.339 e. The number of amides is 3. The molecule has 2 heterocycles. The summed E-state index contributed by atoms with van der Waals surface area (Å²) in [5, 5.41) is 7.24. The van der Waals surface area contributed by atoms with Crippen LogP contribution in [0, 0.1) is 5.92 Å². The number of benzene rings is 2. The van der Waals surface area contributed by atoms with Gasteiger partial charge < -0.3 is 9.84 Å². The molecular weight excluding hydrogens is 448 g/mol. The third-order valence-corrected chi connectivity index (χ3v) is 7.56. The van der Waals surface area contributed by atoms with Gasteiger partial charge in [0.05, 0.1) is 5.92 Å². The Balaban J connectivity index is 1.20. The van der Waals surface area contributed by atoms with E-state index in [9.17, 15) is 9.59 Å². The van der Waals surface area contributed by atoms with Gasteiger partial charge in [-0.1, -0.05) is 35.5 Å². The number of carbonyl (C=O) groups excluding carboxylic acids is 2. The first-order valence-corrected chi connectivity index (χ1v) is 13.0. The molecule has 1 saturated carbocycles. The maximum Gasteiger partial charge on any atom is 0.324 e. The van der Waals surface area contributed by atoms with Crippen molar-refractivity contribution in [1.29, 1.82) is 0 Å². The number of aryl methyl sites for hydroxylation is 1. The lowest BCUT2D eigenvalue weighted by Gasteiger charge is -2.41. The smallest absolute Gasteiger partial charge is 0.324 e. The second-order valence-corrected chi connectivity index (χ2v) is 9.82. The lowest BCUT2D eigenvalue weighted by atomic mass is 9.76. The second-order valence-electron chi connectivity index (χ2n) is 8.94. The highest BCUT2D eigenvalue weighted by atomic mass is 32.2. The third-order valence-electron chi connectivity index (χ3n) is 6.82. The maximum absolute atomic E-state index is 13.1. The van der Waals surface area contributed by atoms with E-state index >= 15 is 0 Å². The van der Waals surface area contributed by atoms with Gasteiger partial charge in [-0.25, -0.2) is 4.79 Å². The zero-order valence-electron chi connectivity index (χ0n) is 19.1. The van der Waals surface area contributed by atoms with Crippen molar-refractivity contribution in [3.63, 3.8) is 0 Å². The number of nitrogens with zero attached hydrogens (tertiary/aromatic N) is 3. The van der Waals surface area contributed by atoms with Gasteiger partial charge in [0.25, 0.3) is 0 Å². The van der Waals surface area contributed by atoms with Crippen molar-refractivity contribution in [1.82, 2.24) is 20.4 Å². The largest absolute Gasteiger partial charge is 0.339 e. The van der Waals surface area contributed by atoms with Crippen LogP contribution in [0.25, 0.3) is 11.4 Å². The Morgan fingerprint density at radius 3 is 2.65 bits per heavy atom. The summed E-state index contributed by atoms with van der Waals surface area (Å²) >= 11 is 1.68. The Labute approximate surface area is 203 Å². The van der Waals surface area contributed by atoms with Crippen LogP contribution in [0.15, 0.2) is 64.0 Å². The summed E-state index contributed by atoms with van der Waals surface area (Å²) in [4.78, 5) is 33.0. The maximum atomic E-state index is 13.1. The average Bonchev–Trinajstić information content (AvgIpc) is 3.37. The molecule has 1 saturated heterocycles. The fourth-order valence-corrected chi connectivity index (χ4v) is 5.35. The van der Waals surface area contributed by atoms with E-state index in [1.54, 1.807) is 11.8 Å². The molecule has 3 atom stereocenters. The van der Waals surface area contributed by atoms with Gasteiger partial charge in [-0.15, -0.1) is 11.8 Å². The van der Waals surface area contributed by atoms with E-state index in [1.165, 1.54) is 15.4 Å². The number of thioether (sulfide) groups is 1. The van der Waals surface area contributed by atoms with Gasteiger partial charge in [0.15, 0.2) is 0 Å². The average molecular weight is 477 g/mol. The van der Waals surface area contributed by atoms with E-state index < -0.39 is 0 Å². The van der Waals surface area contributed by atoms with Gasteiger partial charge >= 0.3 is 6.03 Å². The van der Waals surface area contributed by atoms with Crippen LogP contribution in [0.1, 0.15) is 43.1 Å². The first kappa shape index (κ1) is 22.7. The highest BCUT2D eigenvalue weighted by molar-refractivity contribution is 7.98. The zero-order valence-corrected chi connectivity index (χ0v) is 20.0. The molecule has 0 spiro atoms. The molecule has 3 aromatic rings.